The van der Waals surface area contributed by atoms with Crippen LogP contribution in [0.3, 0.4) is 0 Å². The van der Waals surface area contributed by atoms with Gasteiger partial charge in [-0.3, -0.25) is 0 Å². The van der Waals surface area contributed by atoms with Crippen LogP contribution in [0.25, 0.3) is 0 Å². The number of ether oxygens (including phenoxy) is 2. The fraction of sp³-hybridized carbons (Fsp3) is 0.895. The van der Waals surface area contributed by atoms with Crippen molar-refractivity contribution in [3.8, 4) is 0 Å². The average Bonchev–Trinajstić information content (AvgIpc) is 2.59. The molecule has 1 saturated carbocycles. The van der Waals surface area contributed by atoms with Crippen molar-refractivity contribution in [2.24, 2.45) is 11.3 Å². The van der Waals surface area contributed by atoms with Crippen LogP contribution in [0.15, 0.2) is 12.2 Å². The van der Waals surface area contributed by atoms with E-state index in [1.165, 1.54) is 6.92 Å². The Bertz CT molecular complexity index is 548. The van der Waals surface area contributed by atoms with Crippen molar-refractivity contribution in [2.75, 3.05) is 6.61 Å². The molecule has 0 bridgehead atoms. The molecule has 1 aliphatic heterocycles. The lowest BCUT2D eigenvalue weighted by molar-refractivity contribution is -0.306. The van der Waals surface area contributed by atoms with Gasteiger partial charge in [0.25, 0.3) is 0 Å². The highest BCUT2D eigenvalue weighted by Crippen LogP contribution is 2.47. The molecule has 10 atom stereocenters. The number of aliphatic hydroxyl groups excluding tert-OH is 6. The second kappa shape index (κ2) is 8.63. The van der Waals surface area contributed by atoms with Gasteiger partial charge in [-0.05, 0) is 25.7 Å². The first kappa shape index (κ1) is 23.7. The maximum atomic E-state index is 10.8. The van der Waals surface area contributed by atoms with Gasteiger partial charge in [0.2, 0.25) is 0 Å². The van der Waals surface area contributed by atoms with Crippen molar-refractivity contribution >= 4 is 0 Å². The quantitative estimate of drug-likeness (QED) is 0.263. The average molecular weight is 406 g/mol. The molecule has 28 heavy (non-hydrogen) atoms. The number of hydrogen-bond donors (Lipinski definition) is 7. The van der Waals surface area contributed by atoms with E-state index in [9.17, 15) is 35.7 Å². The molecule has 7 N–H and O–H groups in total. The van der Waals surface area contributed by atoms with Crippen LogP contribution in [0.5, 0.6) is 0 Å². The maximum absolute atomic E-state index is 10.8. The molecule has 1 saturated heterocycles. The normalized spacial score (nSPS) is 48.0. The Morgan fingerprint density at radius 1 is 1.07 bits per heavy atom. The molecule has 0 unspecified atom stereocenters. The van der Waals surface area contributed by atoms with Crippen LogP contribution in [0.1, 0.15) is 34.1 Å². The fourth-order valence-electron chi connectivity index (χ4n) is 4.30. The molecule has 2 fully saturated rings. The van der Waals surface area contributed by atoms with E-state index >= 15 is 0 Å². The van der Waals surface area contributed by atoms with Gasteiger partial charge in [-0.25, -0.2) is 0 Å². The lowest BCUT2D eigenvalue weighted by Gasteiger charge is -2.51. The first-order valence-electron chi connectivity index (χ1n) is 9.55. The van der Waals surface area contributed by atoms with E-state index < -0.39 is 72.6 Å². The molecule has 2 rings (SSSR count). The molecule has 0 radical (unpaired) electrons. The Balaban J connectivity index is 2.09. The molecule has 0 spiro atoms. The summed E-state index contributed by atoms with van der Waals surface area (Å²) in [5.74, 6) is -0.487. The molecular formula is C19H34O9. The molecule has 0 aromatic rings. The third-order valence-electron chi connectivity index (χ3n) is 5.94. The van der Waals surface area contributed by atoms with Crippen LogP contribution in [-0.4, -0.2) is 97.0 Å². The van der Waals surface area contributed by atoms with Crippen LogP contribution in [0.2, 0.25) is 0 Å². The molecule has 9 heteroatoms. The van der Waals surface area contributed by atoms with Crippen molar-refractivity contribution in [2.45, 2.75) is 88.7 Å². The van der Waals surface area contributed by atoms with Gasteiger partial charge in [0.15, 0.2) is 6.29 Å². The Morgan fingerprint density at radius 3 is 2.25 bits per heavy atom. The molecule has 164 valence electrons. The molecule has 1 aliphatic carbocycles. The summed E-state index contributed by atoms with van der Waals surface area (Å²) in [6.45, 7) is 6.35. The number of hydrogen-bond acceptors (Lipinski definition) is 9. The minimum Gasteiger partial charge on any atom is -0.394 e. The van der Waals surface area contributed by atoms with E-state index in [1.54, 1.807) is 19.1 Å². The van der Waals surface area contributed by atoms with Crippen molar-refractivity contribution in [3.05, 3.63) is 12.2 Å². The Hall–Kier alpha value is -0.620. The lowest BCUT2D eigenvalue weighted by atomic mass is 9.59. The Labute approximate surface area is 164 Å². The predicted octanol–water partition coefficient (Wildman–Crippen LogP) is -1.73. The van der Waals surface area contributed by atoms with Crippen LogP contribution in [0, 0.1) is 11.3 Å². The highest BCUT2D eigenvalue weighted by atomic mass is 16.7. The van der Waals surface area contributed by atoms with E-state index in [2.05, 4.69) is 0 Å². The molecule has 0 aromatic carbocycles. The van der Waals surface area contributed by atoms with E-state index in [0.717, 1.165) is 0 Å². The Morgan fingerprint density at radius 2 is 1.68 bits per heavy atom. The SMILES string of the molecule is C[C@@H](/C=C/[C@@H]1C(C)(C)C[C@@H](O)[C@@H](O)[C@]1(C)O)O[C@@H]1O[C@H](CO)[C@@H](O)[C@H](O)[C@H]1O. The van der Waals surface area contributed by atoms with Gasteiger partial charge in [0.05, 0.1) is 24.4 Å². The zero-order valence-electron chi connectivity index (χ0n) is 16.7. The lowest BCUT2D eigenvalue weighted by Crippen LogP contribution is -2.61. The molecule has 0 amide bonds. The zero-order valence-corrected chi connectivity index (χ0v) is 16.7. The third-order valence-corrected chi connectivity index (χ3v) is 5.94. The summed E-state index contributed by atoms with van der Waals surface area (Å²) in [6.07, 6.45) is -6.11. The summed E-state index contributed by atoms with van der Waals surface area (Å²) in [5, 5.41) is 69.9. The molecule has 2 aliphatic rings. The minimum absolute atomic E-state index is 0.307. The number of rotatable bonds is 5. The van der Waals surface area contributed by atoms with E-state index in [-0.39, 0.29) is 0 Å². The molecule has 1 heterocycles. The van der Waals surface area contributed by atoms with E-state index in [1.807, 2.05) is 13.8 Å². The molecule has 0 aromatic heterocycles. The number of aliphatic hydroxyl groups is 7. The summed E-state index contributed by atoms with van der Waals surface area (Å²) in [5.41, 5.74) is -2.05. The maximum Gasteiger partial charge on any atom is 0.187 e. The minimum atomic E-state index is -1.56. The summed E-state index contributed by atoms with van der Waals surface area (Å²) < 4.78 is 10.9. The van der Waals surface area contributed by atoms with Gasteiger partial charge in [0, 0.05) is 5.92 Å². The topological polar surface area (TPSA) is 160 Å². The predicted molar refractivity (Wildman–Crippen MR) is 98.0 cm³/mol. The smallest absolute Gasteiger partial charge is 0.187 e. The fourth-order valence-corrected chi connectivity index (χ4v) is 4.30. The molecule has 9 nitrogen and oxygen atoms in total. The second-order valence-electron chi connectivity index (χ2n) is 8.83. The highest BCUT2D eigenvalue weighted by Gasteiger charge is 2.53. The summed E-state index contributed by atoms with van der Waals surface area (Å²) >= 11 is 0. The second-order valence-corrected chi connectivity index (χ2v) is 8.83. The van der Waals surface area contributed by atoms with E-state index in [4.69, 9.17) is 9.47 Å². The third kappa shape index (κ3) is 4.58. The van der Waals surface area contributed by atoms with Crippen LogP contribution in [-0.2, 0) is 9.47 Å². The summed E-state index contributed by atoms with van der Waals surface area (Å²) in [7, 11) is 0. The van der Waals surface area contributed by atoms with Gasteiger partial charge < -0.3 is 45.2 Å². The standard InChI is InChI=1S/C19H34O9/c1-9(27-17-15(24)14(23)13(22)11(8-20)28-17)5-6-12-18(2,3)7-10(21)16(25)19(12,4)26/h5-6,9-17,20-26H,7-8H2,1-4H3/b6-5+/t9-,10+,11+,12+,13+,14-,15+,16+,17+,19+/m0/s1. The van der Waals surface area contributed by atoms with Crippen molar-refractivity contribution in [1.29, 1.82) is 0 Å². The zero-order chi connectivity index (χ0) is 21.4. The molecular weight excluding hydrogens is 372 g/mol. The first-order chi connectivity index (χ1) is 12.8. The van der Waals surface area contributed by atoms with Crippen molar-refractivity contribution < 1.29 is 45.2 Å². The van der Waals surface area contributed by atoms with Crippen LogP contribution < -0.4 is 0 Å². The van der Waals surface area contributed by atoms with E-state index in [0.29, 0.717) is 6.42 Å². The van der Waals surface area contributed by atoms with Gasteiger partial charge in [-0.1, -0.05) is 26.0 Å². The van der Waals surface area contributed by atoms with Crippen LogP contribution in [0.4, 0.5) is 0 Å². The monoisotopic (exact) mass is 406 g/mol. The van der Waals surface area contributed by atoms with Crippen LogP contribution >= 0.6 is 0 Å². The largest absolute Gasteiger partial charge is 0.394 e. The van der Waals surface area contributed by atoms with Crippen molar-refractivity contribution in [1.82, 2.24) is 0 Å². The summed E-state index contributed by atoms with van der Waals surface area (Å²) in [4.78, 5) is 0. The summed E-state index contributed by atoms with van der Waals surface area (Å²) in [6, 6.07) is 0. The Kier molecular flexibility index (Phi) is 7.29. The highest BCUT2D eigenvalue weighted by molar-refractivity contribution is 5.12. The van der Waals surface area contributed by atoms with Gasteiger partial charge in [0.1, 0.15) is 30.5 Å². The van der Waals surface area contributed by atoms with Gasteiger partial charge >= 0.3 is 0 Å². The van der Waals surface area contributed by atoms with Gasteiger partial charge in [-0.2, -0.15) is 0 Å². The first-order valence-corrected chi connectivity index (χ1v) is 9.55. The van der Waals surface area contributed by atoms with Gasteiger partial charge in [-0.15, -0.1) is 0 Å². The van der Waals surface area contributed by atoms with Crippen molar-refractivity contribution in [3.63, 3.8) is 0 Å².